The van der Waals surface area contributed by atoms with Crippen LogP contribution in [0.3, 0.4) is 0 Å². The molecule has 0 heterocycles. The molecular weight excluding hydrogens is 234 g/mol. The minimum atomic E-state index is -0.440. The van der Waals surface area contributed by atoms with Gasteiger partial charge in [0.25, 0.3) is 0 Å². The van der Waals surface area contributed by atoms with Gasteiger partial charge in [-0.15, -0.1) is 0 Å². The number of rotatable bonds is 6. The minimum Gasteiger partial charge on any atom is -0.461 e. The highest BCUT2D eigenvalue weighted by Gasteiger charge is 2.25. The Labute approximate surface area is 109 Å². The monoisotopic (exact) mass is 259 g/mol. The first-order valence-corrected chi connectivity index (χ1v) is 8.01. The number of hydrogen-bond donors (Lipinski definition) is 1. The lowest BCUT2D eigenvalue weighted by Crippen LogP contribution is -2.36. The third kappa shape index (κ3) is 5.30. The fourth-order valence-corrected chi connectivity index (χ4v) is 2.82. The van der Waals surface area contributed by atoms with E-state index in [0.717, 1.165) is 24.5 Å². The van der Waals surface area contributed by atoms with E-state index < -0.39 is 6.04 Å². The van der Waals surface area contributed by atoms with E-state index in [9.17, 15) is 4.79 Å². The Morgan fingerprint density at radius 2 is 2.29 bits per heavy atom. The zero-order valence-corrected chi connectivity index (χ0v) is 11.8. The van der Waals surface area contributed by atoms with Gasteiger partial charge in [0.05, 0.1) is 0 Å². The van der Waals surface area contributed by atoms with Crippen molar-refractivity contribution in [2.24, 2.45) is 11.7 Å². The second-order valence-corrected chi connectivity index (χ2v) is 5.87. The Hall–Kier alpha value is -0.220. The molecule has 0 amide bonds. The molecule has 0 radical (unpaired) electrons. The van der Waals surface area contributed by atoms with Gasteiger partial charge in [-0.3, -0.25) is 4.79 Å². The maximum absolute atomic E-state index is 11.8. The standard InChI is InChI=1S/C13H25NO2S/c1-3-10-5-4-6-11(9-10)16-13(15)12(14)7-8-17-2/h10-12H,3-9,14H2,1-2H3. The van der Waals surface area contributed by atoms with Crippen LogP contribution in [-0.4, -0.2) is 30.1 Å². The van der Waals surface area contributed by atoms with Crippen molar-refractivity contribution in [2.75, 3.05) is 12.0 Å². The molecule has 3 unspecified atom stereocenters. The van der Waals surface area contributed by atoms with Gasteiger partial charge < -0.3 is 10.5 Å². The van der Waals surface area contributed by atoms with Gasteiger partial charge in [-0.2, -0.15) is 11.8 Å². The van der Waals surface area contributed by atoms with E-state index in [1.165, 1.54) is 19.3 Å². The summed E-state index contributed by atoms with van der Waals surface area (Å²) in [5.74, 6) is 1.43. The van der Waals surface area contributed by atoms with Crippen molar-refractivity contribution in [1.82, 2.24) is 0 Å². The van der Waals surface area contributed by atoms with Gasteiger partial charge in [-0.1, -0.05) is 19.8 Å². The Morgan fingerprint density at radius 3 is 2.94 bits per heavy atom. The largest absolute Gasteiger partial charge is 0.461 e. The molecule has 4 heteroatoms. The second-order valence-electron chi connectivity index (χ2n) is 4.89. The van der Waals surface area contributed by atoms with E-state index in [1.807, 2.05) is 6.26 Å². The van der Waals surface area contributed by atoms with Crippen LogP contribution >= 0.6 is 11.8 Å². The molecule has 1 saturated carbocycles. The summed E-state index contributed by atoms with van der Waals surface area (Å²) < 4.78 is 5.51. The summed E-state index contributed by atoms with van der Waals surface area (Å²) in [5, 5.41) is 0. The number of carbonyl (C=O) groups is 1. The molecule has 0 bridgehead atoms. The van der Waals surface area contributed by atoms with Crippen LogP contribution in [0.25, 0.3) is 0 Å². The molecule has 0 aromatic heterocycles. The van der Waals surface area contributed by atoms with E-state index in [2.05, 4.69) is 6.92 Å². The fourth-order valence-electron chi connectivity index (χ4n) is 2.33. The van der Waals surface area contributed by atoms with E-state index in [0.29, 0.717) is 6.42 Å². The van der Waals surface area contributed by atoms with E-state index >= 15 is 0 Å². The molecule has 3 atom stereocenters. The number of hydrogen-bond acceptors (Lipinski definition) is 4. The Morgan fingerprint density at radius 1 is 1.53 bits per heavy atom. The third-order valence-electron chi connectivity index (χ3n) is 3.53. The highest BCUT2D eigenvalue weighted by atomic mass is 32.2. The lowest BCUT2D eigenvalue weighted by molar-refractivity contribution is -0.153. The first-order chi connectivity index (χ1) is 8.17. The molecule has 0 spiro atoms. The van der Waals surface area contributed by atoms with Gasteiger partial charge in [0.1, 0.15) is 12.1 Å². The number of nitrogens with two attached hydrogens (primary N) is 1. The van der Waals surface area contributed by atoms with E-state index in [1.54, 1.807) is 11.8 Å². The van der Waals surface area contributed by atoms with Gasteiger partial charge in [0, 0.05) is 0 Å². The van der Waals surface area contributed by atoms with Gasteiger partial charge >= 0.3 is 5.97 Å². The lowest BCUT2D eigenvalue weighted by Gasteiger charge is -2.28. The van der Waals surface area contributed by atoms with E-state index in [-0.39, 0.29) is 12.1 Å². The summed E-state index contributed by atoms with van der Waals surface area (Å²) in [5.41, 5.74) is 5.80. The van der Waals surface area contributed by atoms with Gasteiger partial charge in [-0.25, -0.2) is 0 Å². The number of esters is 1. The summed E-state index contributed by atoms with van der Waals surface area (Å²) in [7, 11) is 0. The highest BCUT2D eigenvalue weighted by Crippen LogP contribution is 2.28. The molecule has 0 aromatic rings. The van der Waals surface area contributed by atoms with Crippen LogP contribution < -0.4 is 5.73 Å². The molecule has 2 N–H and O–H groups in total. The molecule has 1 fully saturated rings. The van der Waals surface area contributed by atoms with Crippen molar-refractivity contribution in [3.63, 3.8) is 0 Å². The van der Waals surface area contributed by atoms with Gasteiger partial charge in [0.2, 0.25) is 0 Å². The number of carbonyl (C=O) groups excluding carboxylic acids is 1. The molecule has 1 aliphatic rings. The second kappa shape index (κ2) is 7.98. The Bertz CT molecular complexity index is 235. The van der Waals surface area contributed by atoms with Gasteiger partial charge in [-0.05, 0) is 43.6 Å². The maximum atomic E-state index is 11.8. The van der Waals surface area contributed by atoms with Crippen LogP contribution in [-0.2, 0) is 9.53 Å². The van der Waals surface area contributed by atoms with Crippen molar-refractivity contribution in [3.8, 4) is 0 Å². The summed E-state index contributed by atoms with van der Waals surface area (Å²) >= 11 is 1.71. The lowest BCUT2D eigenvalue weighted by atomic mass is 9.85. The first kappa shape index (κ1) is 14.8. The van der Waals surface area contributed by atoms with Crippen LogP contribution in [0.4, 0.5) is 0 Å². The number of thioether (sulfide) groups is 1. The van der Waals surface area contributed by atoms with Crippen LogP contribution in [0, 0.1) is 5.92 Å². The first-order valence-electron chi connectivity index (χ1n) is 6.62. The van der Waals surface area contributed by atoms with Crippen LogP contribution in [0.5, 0.6) is 0 Å². The van der Waals surface area contributed by atoms with E-state index in [4.69, 9.17) is 10.5 Å². The number of ether oxygens (including phenoxy) is 1. The quantitative estimate of drug-likeness (QED) is 0.745. The highest BCUT2D eigenvalue weighted by molar-refractivity contribution is 7.98. The smallest absolute Gasteiger partial charge is 0.323 e. The molecular formula is C13H25NO2S. The Balaban J connectivity index is 2.29. The van der Waals surface area contributed by atoms with Crippen LogP contribution in [0.2, 0.25) is 0 Å². The predicted octanol–water partition coefficient (Wildman–Crippen LogP) is 2.58. The summed E-state index contributed by atoms with van der Waals surface area (Å²) in [6, 6.07) is -0.440. The molecule has 100 valence electrons. The van der Waals surface area contributed by atoms with Crippen molar-refractivity contribution >= 4 is 17.7 Å². The molecule has 0 saturated heterocycles. The SMILES string of the molecule is CCC1CCCC(OC(=O)C(N)CCSC)C1. The normalized spacial score (nSPS) is 26.5. The van der Waals surface area contributed by atoms with Crippen LogP contribution in [0.15, 0.2) is 0 Å². The molecule has 17 heavy (non-hydrogen) atoms. The molecule has 1 rings (SSSR count). The minimum absolute atomic E-state index is 0.113. The molecule has 0 aromatic carbocycles. The average molecular weight is 259 g/mol. The van der Waals surface area contributed by atoms with Crippen molar-refractivity contribution in [2.45, 2.75) is 57.6 Å². The summed E-state index contributed by atoms with van der Waals surface area (Å²) in [6.45, 7) is 2.21. The molecule has 3 nitrogen and oxygen atoms in total. The zero-order valence-electron chi connectivity index (χ0n) is 11.0. The van der Waals surface area contributed by atoms with Crippen molar-refractivity contribution in [3.05, 3.63) is 0 Å². The zero-order chi connectivity index (χ0) is 12.7. The third-order valence-corrected chi connectivity index (χ3v) is 4.17. The van der Waals surface area contributed by atoms with Gasteiger partial charge in [0.15, 0.2) is 0 Å². The van der Waals surface area contributed by atoms with Crippen LogP contribution in [0.1, 0.15) is 45.4 Å². The van der Waals surface area contributed by atoms with Crippen molar-refractivity contribution < 1.29 is 9.53 Å². The summed E-state index contributed by atoms with van der Waals surface area (Å²) in [6.07, 6.45) is 8.53. The fraction of sp³-hybridized carbons (Fsp3) is 0.923. The predicted molar refractivity (Wildman–Crippen MR) is 73.1 cm³/mol. The summed E-state index contributed by atoms with van der Waals surface area (Å²) in [4.78, 5) is 11.8. The van der Waals surface area contributed by atoms with Crippen molar-refractivity contribution in [1.29, 1.82) is 0 Å². The topological polar surface area (TPSA) is 52.3 Å². The molecule has 1 aliphatic carbocycles. The average Bonchev–Trinajstić information content (AvgIpc) is 2.36. The maximum Gasteiger partial charge on any atom is 0.323 e. The Kier molecular flexibility index (Phi) is 6.97. The molecule has 0 aliphatic heterocycles.